The fourth-order valence-corrected chi connectivity index (χ4v) is 3.11. The van der Waals surface area contributed by atoms with E-state index in [0.717, 1.165) is 24.9 Å². The molecule has 2 rings (SSSR count). The van der Waals surface area contributed by atoms with Crippen LogP contribution in [0.25, 0.3) is 6.08 Å². The number of methoxy groups -OCH3 is 3. The third-order valence-electron chi connectivity index (χ3n) is 4.51. The van der Waals surface area contributed by atoms with Gasteiger partial charge in [-0.05, 0) is 69.1 Å². The van der Waals surface area contributed by atoms with E-state index in [2.05, 4.69) is 10.2 Å². The lowest BCUT2D eigenvalue weighted by Gasteiger charge is -2.13. The molecular formula is C20H31ClN2O4. The Hall–Kier alpha value is -1.92. The minimum Gasteiger partial charge on any atom is -0.493 e. The van der Waals surface area contributed by atoms with Gasteiger partial charge in [-0.1, -0.05) is 0 Å². The minimum atomic E-state index is -0.0973. The van der Waals surface area contributed by atoms with Crippen LogP contribution in [-0.4, -0.2) is 58.3 Å². The quantitative estimate of drug-likeness (QED) is 0.484. The molecular weight excluding hydrogens is 368 g/mol. The summed E-state index contributed by atoms with van der Waals surface area (Å²) in [6.07, 6.45) is 8.03. The SMILES string of the molecule is COc1cc(C=CC(=O)NCCCCN2CCCC2)cc(OC)c1OC.Cl. The summed E-state index contributed by atoms with van der Waals surface area (Å²) in [5.74, 6) is 1.57. The Bertz CT molecular complexity index is 591. The van der Waals surface area contributed by atoms with Crippen LogP contribution in [0.2, 0.25) is 0 Å². The van der Waals surface area contributed by atoms with Gasteiger partial charge in [-0.15, -0.1) is 12.4 Å². The lowest BCUT2D eigenvalue weighted by atomic mass is 10.1. The van der Waals surface area contributed by atoms with Crippen molar-refractivity contribution in [3.8, 4) is 17.2 Å². The lowest BCUT2D eigenvalue weighted by molar-refractivity contribution is -0.116. The van der Waals surface area contributed by atoms with Crippen LogP contribution >= 0.6 is 12.4 Å². The van der Waals surface area contributed by atoms with E-state index in [1.807, 2.05) is 0 Å². The number of hydrogen-bond acceptors (Lipinski definition) is 5. The number of likely N-dealkylation sites (tertiary alicyclic amines) is 1. The van der Waals surface area contributed by atoms with E-state index in [4.69, 9.17) is 14.2 Å². The van der Waals surface area contributed by atoms with E-state index in [0.29, 0.717) is 23.8 Å². The lowest BCUT2D eigenvalue weighted by Crippen LogP contribution is -2.24. The first-order chi connectivity index (χ1) is 12.7. The Kier molecular flexibility index (Phi) is 10.7. The number of ether oxygens (including phenoxy) is 3. The maximum atomic E-state index is 12.0. The van der Waals surface area contributed by atoms with Gasteiger partial charge < -0.3 is 24.4 Å². The number of nitrogens with zero attached hydrogens (tertiary/aromatic N) is 1. The van der Waals surface area contributed by atoms with Crippen molar-refractivity contribution in [1.82, 2.24) is 10.2 Å². The van der Waals surface area contributed by atoms with Gasteiger partial charge in [0.1, 0.15) is 0 Å². The highest BCUT2D eigenvalue weighted by molar-refractivity contribution is 5.91. The Balaban J connectivity index is 0.00000364. The first-order valence-corrected chi connectivity index (χ1v) is 9.16. The van der Waals surface area contributed by atoms with Gasteiger partial charge in [-0.2, -0.15) is 0 Å². The monoisotopic (exact) mass is 398 g/mol. The van der Waals surface area contributed by atoms with Crippen LogP contribution in [0.1, 0.15) is 31.2 Å². The first-order valence-electron chi connectivity index (χ1n) is 9.16. The van der Waals surface area contributed by atoms with E-state index < -0.39 is 0 Å². The number of benzene rings is 1. The molecule has 0 unspecified atom stereocenters. The number of carbonyl (C=O) groups excluding carboxylic acids is 1. The first kappa shape index (κ1) is 23.1. The number of carbonyl (C=O) groups is 1. The molecule has 1 fully saturated rings. The molecule has 1 aliphatic heterocycles. The molecule has 1 saturated heterocycles. The maximum absolute atomic E-state index is 12.0. The van der Waals surface area contributed by atoms with Gasteiger partial charge in [0.15, 0.2) is 11.5 Å². The number of unbranched alkanes of at least 4 members (excludes halogenated alkanes) is 1. The number of rotatable bonds is 10. The highest BCUT2D eigenvalue weighted by atomic mass is 35.5. The second-order valence-corrected chi connectivity index (χ2v) is 6.34. The van der Waals surface area contributed by atoms with Crippen LogP contribution in [-0.2, 0) is 4.79 Å². The van der Waals surface area contributed by atoms with Crippen LogP contribution in [0.5, 0.6) is 17.2 Å². The van der Waals surface area contributed by atoms with Crippen LogP contribution in [0.4, 0.5) is 0 Å². The molecule has 0 bridgehead atoms. The molecule has 0 aliphatic carbocycles. The predicted octanol–water partition coefficient (Wildman–Crippen LogP) is 3.14. The summed E-state index contributed by atoms with van der Waals surface area (Å²) in [4.78, 5) is 14.5. The summed E-state index contributed by atoms with van der Waals surface area (Å²) in [6.45, 7) is 4.29. The van der Waals surface area contributed by atoms with Crippen LogP contribution < -0.4 is 19.5 Å². The Morgan fingerprint density at radius 2 is 1.70 bits per heavy atom. The molecule has 7 heteroatoms. The van der Waals surface area contributed by atoms with Gasteiger partial charge in [0.05, 0.1) is 21.3 Å². The minimum absolute atomic E-state index is 0. The van der Waals surface area contributed by atoms with Crippen LogP contribution in [0, 0.1) is 0 Å². The molecule has 1 amide bonds. The van der Waals surface area contributed by atoms with Gasteiger partial charge in [0.2, 0.25) is 11.7 Å². The van der Waals surface area contributed by atoms with Crippen molar-refractivity contribution in [2.24, 2.45) is 0 Å². The fraction of sp³-hybridized carbons (Fsp3) is 0.550. The molecule has 1 heterocycles. The van der Waals surface area contributed by atoms with Crippen LogP contribution in [0.3, 0.4) is 0 Å². The van der Waals surface area contributed by atoms with Crippen molar-refractivity contribution in [2.75, 3.05) is 47.5 Å². The summed E-state index contributed by atoms with van der Waals surface area (Å²) < 4.78 is 15.9. The molecule has 1 aromatic carbocycles. The summed E-state index contributed by atoms with van der Waals surface area (Å²) >= 11 is 0. The van der Waals surface area contributed by atoms with Gasteiger partial charge in [-0.25, -0.2) is 0 Å². The van der Waals surface area contributed by atoms with E-state index in [-0.39, 0.29) is 18.3 Å². The topological polar surface area (TPSA) is 60.0 Å². The summed E-state index contributed by atoms with van der Waals surface area (Å²) in [6, 6.07) is 3.61. The van der Waals surface area contributed by atoms with Gasteiger partial charge in [0.25, 0.3) is 0 Å². The second kappa shape index (κ2) is 12.5. The molecule has 1 aromatic rings. The number of halogens is 1. The normalized spacial score (nSPS) is 14.0. The van der Waals surface area contributed by atoms with Crippen molar-refractivity contribution in [3.05, 3.63) is 23.8 Å². The van der Waals surface area contributed by atoms with Crippen molar-refractivity contribution >= 4 is 24.4 Å². The average Bonchev–Trinajstić information content (AvgIpc) is 3.18. The molecule has 152 valence electrons. The van der Waals surface area contributed by atoms with Crippen molar-refractivity contribution < 1.29 is 19.0 Å². The molecule has 1 N–H and O–H groups in total. The fourth-order valence-electron chi connectivity index (χ4n) is 3.11. The van der Waals surface area contributed by atoms with Crippen molar-refractivity contribution in [2.45, 2.75) is 25.7 Å². The van der Waals surface area contributed by atoms with Gasteiger partial charge in [-0.3, -0.25) is 4.79 Å². The molecule has 27 heavy (non-hydrogen) atoms. The maximum Gasteiger partial charge on any atom is 0.243 e. The third kappa shape index (κ3) is 7.31. The summed E-state index contributed by atoms with van der Waals surface area (Å²) in [5.41, 5.74) is 0.809. The van der Waals surface area contributed by atoms with E-state index in [9.17, 15) is 4.79 Å². The zero-order valence-electron chi connectivity index (χ0n) is 16.5. The standard InChI is InChI=1S/C20H30N2O4.ClH/c1-24-17-14-16(15-18(25-2)20(17)26-3)8-9-19(23)21-10-4-5-11-22-12-6-7-13-22;/h8-9,14-15H,4-7,10-13H2,1-3H3,(H,21,23);1H. The van der Waals surface area contributed by atoms with Gasteiger partial charge in [0, 0.05) is 12.6 Å². The molecule has 0 aromatic heterocycles. The zero-order chi connectivity index (χ0) is 18.8. The summed E-state index contributed by atoms with van der Waals surface area (Å²) in [7, 11) is 4.70. The number of amides is 1. The molecule has 6 nitrogen and oxygen atoms in total. The molecule has 0 spiro atoms. The largest absolute Gasteiger partial charge is 0.493 e. The molecule has 0 radical (unpaired) electrons. The zero-order valence-corrected chi connectivity index (χ0v) is 17.3. The smallest absolute Gasteiger partial charge is 0.243 e. The molecule has 0 atom stereocenters. The predicted molar refractivity (Wildman–Crippen MR) is 110 cm³/mol. The molecule has 0 saturated carbocycles. The summed E-state index contributed by atoms with van der Waals surface area (Å²) in [5, 5.41) is 2.93. The Morgan fingerprint density at radius 3 is 2.26 bits per heavy atom. The Labute approximate surface area is 168 Å². The highest BCUT2D eigenvalue weighted by Crippen LogP contribution is 2.38. The van der Waals surface area contributed by atoms with E-state index in [1.54, 1.807) is 39.5 Å². The molecule has 1 aliphatic rings. The number of nitrogens with one attached hydrogen (secondary N) is 1. The van der Waals surface area contributed by atoms with Gasteiger partial charge >= 0.3 is 0 Å². The van der Waals surface area contributed by atoms with E-state index in [1.165, 1.54) is 32.0 Å². The number of hydrogen-bond donors (Lipinski definition) is 1. The van der Waals surface area contributed by atoms with E-state index >= 15 is 0 Å². The average molecular weight is 399 g/mol. The Morgan fingerprint density at radius 1 is 1.07 bits per heavy atom. The highest BCUT2D eigenvalue weighted by Gasteiger charge is 2.12. The van der Waals surface area contributed by atoms with Crippen molar-refractivity contribution in [3.63, 3.8) is 0 Å². The third-order valence-corrected chi connectivity index (χ3v) is 4.51. The van der Waals surface area contributed by atoms with Crippen molar-refractivity contribution in [1.29, 1.82) is 0 Å². The second-order valence-electron chi connectivity index (χ2n) is 6.34. The van der Waals surface area contributed by atoms with Crippen LogP contribution in [0.15, 0.2) is 18.2 Å².